The van der Waals surface area contributed by atoms with Crippen molar-refractivity contribution in [1.82, 2.24) is 0 Å². The van der Waals surface area contributed by atoms with E-state index < -0.39 is 10.0 Å². The fourth-order valence-corrected chi connectivity index (χ4v) is 5.17. The van der Waals surface area contributed by atoms with Gasteiger partial charge in [0, 0.05) is 0 Å². The summed E-state index contributed by atoms with van der Waals surface area (Å²) in [5.74, 6) is 0.693. The molecule has 0 fully saturated rings. The van der Waals surface area contributed by atoms with Gasteiger partial charge in [0.05, 0.1) is 24.2 Å². The second-order valence-electron chi connectivity index (χ2n) is 7.26. The van der Waals surface area contributed by atoms with Crippen molar-refractivity contribution in [3.63, 3.8) is 0 Å². The Morgan fingerprint density at radius 2 is 1.69 bits per heavy atom. The van der Waals surface area contributed by atoms with Crippen molar-refractivity contribution >= 4 is 21.3 Å². The average molecular weight is 406 g/mol. The zero-order valence-corrected chi connectivity index (χ0v) is 17.4. The SMILES string of the molecule is C=C1Cc2ccccc2N(S(=O)(=O)c2ccc(C)cc2)Cc2cc(OC)ccc21. The van der Waals surface area contributed by atoms with E-state index in [1.54, 1.807) is 19.2 Å². The van der Waals surface area contributed by atoms with E-state index in [2.05, 4.69) is 6.58 Å². The largest absolute Gasteiger partial charge is 0.497 e. The van der Waals surface area contributed by atoms with Crippen LogP contribution in [0.5, 0.6) is 5.75 Å². The molecule has 0 atom stereocenters. The summed E-state index contributed by atoms with van der Waals surface area (Å²) in [5.41, 5.74) is 5.44. The van der Waals surface area contributed by atoms with Crippen LogP contribution in [0.25, 0.3) is 5.57 Å². The van der Waals surface area contributed by atoms with Crippen molar-refractivity contribution in [2.45, 2.75) is 24.8 Å². The normalized spacial score (nSPS) is 13.9. The van der Waals surface area contributed by atoms with Crippen LogP contribution >= 0.6 is 0 Å². The average Bonchev–Trinajstić information content (AvgIpc) is 2.71. The minimum absolute atomic E-state index is 0.207. The number of ether oxygens (including phenoxy) is 1. The number of fused-ring (bicyclic) bond motifs is 2. The number of nitrogens with zero attached hydrogens (tertiary/aromatic N) is 1. The summed E-state index contributed by atoms with van der Waals surface area (Å²) in [6, 6.07) is 20.3. The maximum absolute atomic E-state index is 13.6. The standard InChI is InChI=1S/C24H23NO3S/c1-17-8-11-22(12-9-17)29(26,27)25-16-20-15-21(28-3)10-13-23(20)18(2)14-19-6-4-5-7-24(19)25/h4-13,15H,2,14,16H2,1,3H3. The molecular weight excluding hydrogens is 382 g/mol. The number of allylic oxidation sites excluding steroid dienone is 1. The van der Waals surface area contributed by atoms with Gasteiger partial charge in [0.1, 0.15) is 5.75 Å². The fourth-order valence-electron chi connectivity index (χ4n) is 3.69. The quantitative estimate of drug-likeness (QED) is 0.618. The minimum atomic E-state index is -3.75. The van der Waals surface area contributed by atoms with Gasteiger partial charge in [-0.15, -0.1) is 0 Å². The number of hydrogen-bond donors (Lipinski definition) is 0. The molecule has 0 saturated heterocycles. The molecule has 1 heterocycles. The van der Waals surface area contributed by atoms with Crippen LogP contribution in [0.1, 0.15) is 22.3 Å². The number of para-hydroxylation sites is 1. The summed E-state index contributed by atoms with van der Waals surface area (Å²) in [6.07, 6.45) is 0.579. The van der Waals surface area contributed by atoms with E-state index in [1.165, 1.54) is 4.31 Å². The summed E-state index contributed by atoms with van der Waals surface area (Å²) in [5, 5.41) is 0. The van der Waals surface area contributed by atoms with Crippen LogP contribution in [-0.2, 0) is 23.0 Å². The first-order chi connectivity index (χ1) is 13.9. The highest BCUT2D eigenvalue weighted by molar-refractivity contribution is 7.92. The Labute approximate surface area is 172 Å². The second-order valence-corrected chi connectivity index (χ2v) is 9.12. The molecule has 0 aromatic heterocycles. The molecule has 0 saturated carbocycles. The monoisotopic (exact) mass is 405 g/mol. The Bertz CT molecular complexity index is 1180. The molecule has 148 valence electrons. The van der Waals surface area contributed by atoms with Crippen molar-refractivity contribution in [3.05, 3.63) is 95.6 Å². The third kappa shape index (κ3) is 3.54. The lowest BCUT2D eigenvalue weighted by molar-refractivity contribution is 0.414. The van der Waals surface area contributed by atoms with Gasteiger partial charge in [0.25, 0.3) is 10.0 Å². The van der Waals surface area contributed by atoms with Crippen molar-refractivity contribution in [3.8, 4) is 5.75 Å². The van der Waals surface area contributed by atoms with Gasteiger partial charge in [-0.25, -0.2) is 8.42 Å². The van der Waals surface area contributed by atoms with Crippen molar-refractivity contribution < 1.29 is 13.2 Å². The summed E-state index contributed by atoms with van der Waals surface area (Å²) in [4.78, 5) is 0.279. The number of benzene rings is 3. The summed E-state index contributed by atoms with van der Waals surface area (Å²) in [6.45, 7) is 6.41. The molecule has 1 aliphatic heterocycles. The maximum atomic E-state index is 13.6. The third-order valence-electron chi connectivity index (χ3n) is 5.28. The molecule has 0 spiro atoms. The van der Waals surface area contributed by atoms with E-state index in [0.717, 1.165) is 27.8 Å². The molecule has 1 aliphatic rings. The molecule has 0 aliphatic carbocycles. The molecule has 0 unspecified atom stereocenters. The topological polar surface area (TPSA) is 46.6 Å². The van der Waals surface area contributed by atoms with Crippen LogP contribution in [0.4, 0.5) is 5.69 Å². The van der Waals surface area contributed by atoms with Crippen LogP contribution in [0.2, 0.25) is 0 Å². The third-order valence-corrected chi connectivity index (χ3v) is 7.05. The summed E-state index contributed by atoms with van der Waals surface area (Å²) in [7, 11) is -2.14. The van der Waals surface area contributed by atoms with Crippen molar-refractivity contribution in [2.75, 3.05) is 11.4 Å². The number of anilines is 1. The van der Waals surface area contributed by atoms with E-state index in [0.29, 0.717) is 17.9 Å². The van der Waals surface area contributed by atoms with Gasteiger partial charge >= 0.3 is 0 Å². The molecule has 3 aromatic carbocycles. The molecular formula is C24H23NO3S. The first-order valence-corrected chi connectivity index (χ1v) is 10.9. The second kappa shape index (κ2) is 7.41. The molecule has 0 amide bonds. The number of hydrogen-bond acceptors (Lipinski definition) is 3. The first-order valence-electron chi connectivity index (χ1n) is 9.42. The predicted molar refractivity (Wildman–Crippen MR) is 117 cm³/mol. The minimum Gasteiger partial charge on any atom is -0.497 e. The Morgan fingerprint density at radius 1 is 0.966 bits per heavy atom. The molecule has 3 aromatic rings. The van der Waals surface area contributed by atoms with Gasteiger partial charge in [-0.3, -0.25) is 4.31 Å². The van der Waals surface area contributed by atoms with Crippen LogP contribution in [0.15, 0.2) is 78.2 Å². The van der Waals surface area contributed by atoms with E-state index in [1.807, 2.05) is 61.5 Å². The molecule has 5 heteroatoms. The lowest BCUT2D eigenvalue weighted by Gasteiger charge is -2.30. The Kier molecular flexibility index (Phi) is 4.92. The zero-order chi connectivity index (χ0) is 20.6. The maximum Gasteiger partial charge on any atom is 0.264 e. The van der Waals surface area contributed by atoms with E-state index in [-0.39, 0.29) is 11.4 Å². The molecule has 29 heavy (non-hydrogen) atoms. The fraction of sp³-hybridized carbons (Fsp3) is 0.167. The zero-order valence-electron chi connectivity index (χ0n) is 16.6. The summed E-state index contributed by atoms with van der Waals surface area (Å²) < 4.78 is 34.2. The van der Waals surface area contributed by atoms with E-state index in [9.17, 15) is 8.42 Å². The lowest BCUT2D eigenvalue weighted by atomic mass is 9.92. The molecule has 0 N–H and O–H groups in total. The highest BCUT2D eigenvalue weighted by atomic mass is 32.2. The van der Waals surface area contributed by atoms with Gasteiger partial charge in [-0.05, 0) is 65.9 Å². The Hall–Kier alpha value is -3.05. The van der Waals surface area contributed by atoms with Gasteiger partial charge in [-0.1, -0.05) is 48.5 Å². The highest BCUT2D eigenvalue weighted by Gasteiger charge is 2.29. The molecule has 4 rings (SSSR count). The molecule has 0 bridgehead atoms. The number of rotatable bonds is 3. The van der Waals surface area contributed by atoms with Gasteiger partial charge in [-0.2, -0.15) is 0 Å². The van der Waals surface area contributed by atoms with Crippen molar-refractivity contribution in [1.29, 1.82) is 0 Å². The highest BCUT2D eigenvalue weighted by Crippen LogP contribution is 2.37. The molecule has 4 nitrogen and oxygen atoms in total. The van der Waals surface area contributed by atoms with E-state index >= 15 is 0 Å². The van der Waals surface area contributed by atoms with Crippen molar-refractivity contribution in [2.24, 2.45) is 0 Å². The number of sulfonamides is 1. The van der Waals surface area contributed by atoms with Gasteiger partial charge in [0.2, 0.25) is 0 Å². The Balaban J connectivity index is 1.91. The number of methoxy groups -OCH3 is 1. The van der Waals surface area contributed by atoms with Crippen LogP contribution in [-0.4, -0.2) is 15.5 Å². The van der Waals surface area contributed by atoms with Crippen LogP contribution < -0.4 is 9.04 Å². The van der Waals surface area contributed by atoms with Gasteiger partial charge in [0.15, 0.2) is 0 Å². The first kappa shape index (κ1) is 19.3. The smallest absolute Gasteiger partial charge is 0.264 e. The van der Waals surface area contributed by atoms with Crippen LogP contribution in [0, 0.1) is 6.92 Å². The predicted octanol–water partition coefficient (Wildman–Crippen LogP) is 4.97. The number of aryl methyl sites for hydroxylation is 1. The Morgan fingerprint density at radius 3 is 2.41 bits per heavy atom. The summed E-state index contributed by atoms with van der Waals surface area (Å²) >= 11 is 0. The van der Waals surface area contributed by atoms with Crippen LogP contribution in [0.3, 0.4) is 0 Å². The van der Waals surface area contributed by atoms with E-state index in [4.69, 9.17) is 4.74 Å². The molecule has 0 radical (unpaired) electrons. The van der Waals surface area contributed by atoms with Gasteiger partial charge < -0.3 is 4.74 Å². The lowest BCUT2D eigenvalue weighted by Crippen LogP contribution is -2.32.